The van der Waals surface area contributed by atoms with Crippen LogP contribution in [-0.4, -0.2) is 38.7 Å². The first kappa shape index (κ1) is 16.1. The van der Waals surface area contributed by atoms with Crippen molar-refractivity contribution in [2.24, 2.45) is 0 Å². The Bertz CT molecular complexity index is 490. The van der Waals surface area contributed by atoms with Crippen LogP contribution < -0.4 is 10.6 Å². The molecule has 0 amide bonds. The molecular formula is C12H21N5O3. The van der Waals surface area contributed by atoms with E-state index >= 15 is 0 Å². The second-order valence-electron chi connectivity index (χ2n) is 4.82. The summed E-state index contributed by atoms with van der Waals surface area (Å²) in [6.45, 7) is 7.73. The first-order valence-electron chi connectivity index (χ1n) is 6.54. The Morgan fingerprint density at radius 3 is 2.50 bits per heavy atom. The van der Waals surface area contributed by atoms with E-state index in [0.29, 0.717) is 18.9 Å². The van der Waals surface area contributed by atoms with Crippen LogP contribution in [-0.2, 0) is 0 Å². The summed E-state index contributed by atoms with van der Waals surface area (Å²) in [7, 11) is 0. The quantitative estimate of drug-likeness (QED) is 0.515. The fourth-order valence-corrected chi connectivity index (χ4v) is 1.55. The zero-order valence-electron chi connectivity index (χ0n) is 12.2. The van der Waals surface area contributed by atoms with E-state index in [0.717, 1.165) is 0 Å². The van der Waals surface area contributed by atoms with Gasteiger partial charge >= 0.3 is 5.69 Å². The molecule has 1 heterocycles. The van der Waals surface area contributed by atoms with E-state index in [1.807, 2.05) is 13.8 Å². The molecule has 0 bridgehead atoms. The Labute approximate surface area is 117 Å². The fourth-order valence-electron chi connectivity index (χ4n) is 1.55. The number of hydrogen-bond acceptors (Lipinski definition) is 7. The van der Waals surface area contributed by atoms with Gasteiger partial charge in [0.05, 0.1) is 10.5 Å². The molecule has 20 heavy (non-hydrogen) atoms. The molecule has 1 unspecified atom stereocenters. The van der Waals surface area contributed by atoms with E-state index < -0.39 is 10.5 Å². The highest BCUT2D eigenvalue weighted by Crippen LogP contribution is 2.27. The summed E-state index contributed by atoms with van der Waals surface area (Å²) in [5.41, 5.74) is -0.844. The Morgan fingerprint density at radius 1 is 1.35 bits per heavy atom. The van der Waals surface area contributed by atoms with Crippen molar-refractivity contribution < 1.29 is 10.0 Å². The van der Waals surface area contributed by atoms with Gasteiger partial charge in [0.1, 0.15) is 5.69 Å². The normalized spacial score (nSPS) is 13.7. The van der Waals surface area contributed by atoms with Crippen molar-refractivity contribution in [1.82, 2.24) is 9.97 Å². The number of rotatable bonds is 7. The Hall–Kier alpha value is -1.96. The van der Waals surface area contributed by atoms with Gasteiger partial charge in [-0.2, -0.15) is 4.98 Å². The van der Waals surface area contributed by atoms with Crippen LogP contribution >= 0.6 is 0 Å². The van der Waals surface area contributed by atoms with E-state index in [9.17, 15) is 15.2 Å². The van der Waals surface area contributed by atoms with Crippen LogP contribution in [0.1, 0.15) is 32.9 Å². The van der Waals surface area contributed by atoms with Gasteiger partial charge in [-0.05, 0) is 27.2 Å². The molecule has 8 nitrogen and oxygen atoms in total. The van der Waals surface area contributed by atoms with Gasteiger partial charge in [0, 0.05) is 13.1 Å². The molecule has 0 radical (unpaired) electrons. The van der Waals surface area contributed by atoms with Crippen LogP contribution in [0.2, 0.25) is 0 Å². The van der Waals surface area contributed by atoms with E-state index in [2.05, 4.69) is 20.6 Å². The van der Waals surface area contributed by atoms with Gasteiger partial charge in [-0.3, -0.25) is 10.1 Å². The third kappa shape index (κ3) is 4.02. The van der Waals surface area contributed by atoms with Crippen molar-refractivity contribution >= 4 is 17.5 Å². The first-order valence-corrected chi connectivity index (χ1v) is 6.54. The standard InChI is InChI=1S/C12H21N5O3/c1-5-12(4,18)7-14-10-9(17(19)20)8(3)15-11(16-10)13-6-2/h18H,5-7H2,1-4H3,(H2,13,14,15,16). The van der Waals surface area contributed by atoms with Gasteiger partial charge < -0.3 is 15.7 Å². The van der Waals surface area contributed by atoms with Crippen molar-refractivity contribution in [2.75, 3.05) is 23.7 Å². The van der Waals surface area contributed by atoms with Crippen LogP contribution in [0, 0.1) is 17.0 Å². The highest BCUT2D eigenvalue weighted by atomic mass is 16.6. The van der Waals surface area contributed by atoms with Crippen molar-refractivity contribution in [3.05, 3.63) is 15.8 Å². The molecule has 8 heteroatoms. The van der Waals surface area contributed by atoms with E-state index in [-0.39, 0.29) is 23.7 Å². The Balaban J connectivity index is 3.10. The predicted octanol–water partition coefficient (Wildman–Crippen LogP) is 1.70. The smallest absolute Gasteiger partial charge is 0.332 e. The molecule has 0 aliphatic carbocycles. The van der Waals surface area contributed by atoms with Gasteiger partial charge in [0.15, 0.2) is 0 Å². The zero-order chi connectivity index (χ0) is 15.3. The zero-order valence-corrected chi connectivity index (χ0v) is 12.2. The molecule has 1 atom stereocenters. The molecule has 0 fully saturated rings. The molecule has 0 saturated heterocycles. The first-order chi connectivity index (χ1) is 9.30. The van der Waals surface area contributed by atoms with Gasteiger partial charge in [0.25, 0.3) is 0 Å². The number of hydrogen-bond donors (Lipinski definition) is 3. The maximum atomic E-state index is 11.1. The lowest BCUT2D eigenvalue weighted by molar-refractivity contribution is -0.385. The molecule has 3 N–H and O–H groups in total. The summed E-state index contributed by atoms with van der Waals surface area (Å²) in [5.74, 6) is 0.446. The third-order valence-electron chi connectivity index (χ3n) is 2.97. The van der Waals surface area contributed by atoms with Crippen LogP contribution in [0.5, 0.6) is 0 Å². The number of nitrogens with one attached hydrogen (secondary N) is 2. The van der Waals surface area contributed by atoms with E-state index in [4.69, 9.17) is 0 Å². The van der Waals surface area contributed by atoms with Gasteiger partial charge in [-0.15, -0.1) is 0 Å². The molecule has 0 saturated carbocycles. The number of aryl methyl sites for hydroxylation is 1. The van der Waals surface area contributed by atoms with Gasteiger partial charge in [-0.25, -0.2) is 4.98 Å². The lowest BCUT2D eigenvalue weighted by Crippen LogP contribution is -2.33. The monoisotopic (exact) mass is 283 g/mol. The van der Waals surface area contributed by atoms with Crippen molar-refractivity contribution in [1.29, 1.82) is 0 Å². The molecule has 0 aliphatic rings. The van der Waals surface area contributed by atoms with Crippen LogP contribution in [0.3, 0.4) is 0 Å². The second-order valence-corrected chi connectivity index (χ2v) is 4.82. The number of nitrogens with zero attached hydrogens (tertiary/aromatic N) is 3. The van der Waals surface area contributed by atoms with E-state index in [1.165, 1.54) is 0 Å². The maximum absolute atomic E-state index is 11.1. The molecule has 1 rings (SSSR count). The minimum absolute atomic E-state index is 0.118. The van der Waals surface area contributed by atoms with Crippen molar-refractivity contribution in [2.45, 2.75) is 39.7 Å². The minimum Gasteiger partial charge on any atom is -0.388 e. The molecular weight excluding hydrogens is 262 g/mol. The van der Waals surface area contributed by atoms with Crippen LogP contribution in [0.25, 0.3) is 0 Å². The topological polar surface area (TPSA) is 113 Å². The van der Waals surface area contributed by atoms with Crippen molar-refractivity contribution in [3.8, 4) is 0 Å². The summed E-state index contributed by atoms with van der Waals surface area (Å²) < 4.78 is 0. The average molecular weight is 283 g/mol. The molecule has 0 aliphatic heterocycles. The van der Waals surface area contributed by atoms with E-state index in [1.54, 1.807) is 13.8 Å². The van der Waals surface area contributed by atoms with Gasteiger partial charge in [-0.1, -0.05) is 6.92 Å². The molecule has 1 aromatic rings. The molecule has 112 valence electrons. The highest BCUT2D eigenvalue weighted by Gasteiger charge is 2.24. The van der Waals surface area contributed by atoms with Crippen LogP contribution in [0.4, 0.5) is 17.5 Å². The number of nitro groups is 1. The van der Waals surface area contributed by atoms with Crippen molar-refractivity contribution in [3.63, 3.8) is 0 Å². The molecule has 0 aromatic carbocycles. The molecule has 1 aromatic heterocycles. The summed E-state index contributed by atoms with van der Waals surface area (Å²) >= 11 is 0. The maximum Gasteiger partial charge on any atom is 0.332 e. The lowest BCUT2D eigenvalue weighted by atomic mass is 10.0. The average Bonchev–Trinajstić information content (AvgIpc) is 2.36. The second kappa shape index (κ2) is 6.47. The summed E-state index contributed by atoms with van der Waals surface area (Å²) in [6, 6.07) is 0. The number of aliphatic hydroxyl groups is 1. The number of aromatic nitrogens is 2. The third-order valence-corrected chi connectivity index (χ3v) is 2.97. The Morgan fingerprint density at radius 2 is 2.00 bits per heavy atom. The summed E-state index contributed by atoms with van der Waals surface area (Å²) in [4.78, 5) is 18.7. The lowest BCUT2D eigenvalue weighted by Gasteiger charge is -2.22. The Kier molecular flexibility index (Phi) is 5.20. The fraction of sp³-hybridized carbons (Fsp3) is 0.667. The minimum atomic E-state index is -0.953. The van der Waals surface area contributed by atoms with Gasteiger partial charge in [0.2, 0.25) is 11.8 Å². The largest absolute Gasteiger partial charge is 0.388 e. The van der Waals surface area contributed by atoms with Crippen LogP contribution in [0.15, 0.2) is 0 Å². The summed E-state index contributed by atoms with van der Waals surface area (Å²) in [5, 5.41) is 26.8. The highest BCUT2D eigenvalue weighted by molar-refractivity contribution is 5.60. The molecule has 0 spiro atoms. The SMILES string of the molecule is CCNc1nc(C)c([N+](=O)[O-])c(NCC(C)(O)CC)n1. The number of anilines is 2. The predicted molar refractivity (Wildman–Crippen MR) is 77.0 cm³/mol. The summed E-state index contributed by atoms with van der Waals surface area (Å²) in [6.07, 6.45) is 0.526.